The van der Waals surface area contributed by atoms with Gasteiger partial charge in [-0.15, -0.1) is 5.10 Å². The number of aromatic nitrogens is 5. The molecule has 3 aromatic heterocycles. The maximum atomic E-state index is 13.2. The van der Waals surface area contributed by atoms with Gasteiger partial charge >= 0.3 is 6.18 Å². The molecule has 3 aliphatic heterocycles. The number of nitrogens with one attached hydrogen (secondary N) is 1. The summed E-state index contributed by atoms with van der Waals surface area (Å²) in [6.07, 6.45) is 2.48. The number of amides is 2. The van der Waals surface area contributed by atoms with Gasteiger partial charge < -0.3 is 30.0 Å². The van der Waals surface area contributed by atoms with Gasteiger partial charge in [-0.3, -0.25) is 19.1 Å². The second-order valence-corrected chi connectivity index (χ2v) is 12.4. The minimum atomic E-state index is -4.22. The van der Waals surface area contributed by atoms with Crippen LogP contribution in [0.15, 0.2) is 30.7 Å². The molecule has 1 saturated carbocycles. The molecule has 6 heterocycles. The molecule has 2 unspecified atom stereocenters. The molecule has 2 amide bonds. The zero-order valence-electron chi connectivity index (χ0n) is 25.4. The van der Waals surface area contributed by atoms with Crippen LogP contribution in [-0.4, -0.2) is 127 Å². The Labute approximate surface area is 262 Å². The Bertz CT molecular complexity index is 1550. The molecule has 17 heteroatoms. The van der Waals surface area contributed by atoms with E-state index in [1.165, 1.54) is 0 Å². The molecule has 14 nitrogen and oxygen atoms in total. The van der Waals surface area contributed by atoms with E-state index in [1.807, 2.05) is 35.2 Å². The number of anilines is 3. The van der Waals surface area contributed by atoms with Crippen LogP contribution in [0.3, 0.4) is 0 Å². The van der Waals surface area contributed by atoms with Crippen LogP contribution in [0.5, 0.6) is 0 Å². The highest BCUT2D eigenvalue weighted by Crippen LogP contribution is 2.47. The number of likely N-dealkylation sites (N-methyl/N-ethyl adjacent to an activating group) is 1. The molecular formula is C29H37F3N10O4. The molecule has 0 spiro atoms. The van der Waals surface area contributed by atoms with Crippen molar-refractivity contribution in [3.8, 4) is 0 Å². The number of pyridine rings is 1. The van der Waals surface area contributed by atoms with E-state index >= 15 is 0 Å². The van der Waals surface area contributed by atoms with Gasteiger partial charge in [0.25, 0.3) is 6.47 Å². The molecule has 46 heavy (non-hydrogen) atoms. The summed E-state index contributed by atoms with van der Waals surface area (Å²) < 4.78 is 42.3. The molecule has 3 aromatic rings. The van der Waals surface area contributed by atoms with Crippen LogP contribution in [0.25, 0.3) is 5.65 Å². The van der Waals surface area contributed by atoms with E-state index in [0.717, 1.165) is 31.6 Å². The molecule has 2 bridgehead atoms. The fourth-order valence-corrected chi connectivity index (χ4v) is 6.89. The maximum Gasteiger partial charge on any atom is 0.391 e. The largest absolute Gasteiger partial charge is 0.483 e. The monoisotopic (exact) mass is 646 g/mol. The summed E-state index contributed by atoms with van der Waals surface area (Å²) in [5.74, 6) is -1.58. The standard InChI is InChI=1S/C28H35F3N10O2.CH2O2/c1-36-7-9-37(10-8-36)24(42)17-39-14-20(13-32-39)33-27-34-25-23(3-2-6-40(25)35-27)38-15-21-4-5-22(16-38)41(21)26(43)18-11-19(12-18)28(29,30)31;2-1-3/h2-3,6,13-14,18-19,21-22H,4-5,7-12,15-17H2,1H3,(H,33,35);1H,(H,2,3). The minimum absolute atomic E-state index is 0.0312. The number of alkyl halides is 3. The summed E-state index contributed by atoms with van der Waals surface area (Å²) in [4.78, 5) is 47.1. The van der Waals surface area contributed by atoms with Crippen LogP contribution in [0.2, 0.25) is 0 Å². The van der Waals surface area contributed by atoms with Crippen LogP contribution in [-0.2, 0) is 20.9 Å². The highest BCUT2D eigenvalue weighted by molar-refractivity contribution is 5.82. The number of rotatable bonds is 6. The molecule has 2 atom stereocenters. The second-order valence-electron chi connectivity index (χ2n) is 12.4. The number of halogens is 3. The van der Waals surface area contributed by atoms with Gasteiger partial charge in [-0.2, -0.15) is 23.3 Å². The quantitative estimate of drug-likeness (QED) is 0.381. The molecule has 4 fully saturated rings. The fraction of sp³-hybridized carbons (Fsp3) is 0.586. The van der Waals surface area contributed by atoms with E-state index in [4.69, 9.17) is 14.9 Å². The summed E-state index contributed by atoms with van der Waals surface area (Å²) in [5, 5.41) is 19.0. The molecule has 248 valence electrons. The highest BCUT2D eigenvalue weighted by Gasteiger charge is 2.53. The lowest BCUT2D eigenvalue weighted by molar-refractivity contribution is -0.207. The predicted octanol–water partition coefficient (Wildman–Crippen LogP) is 1.91. The number of carboxylic acid groups (broad SMARTS) is 1. The topological polar surface area (TPSA) is 144 Å². The third-order valence-electron chi connectivity index (χ3n) is 9.41. The van der Waals surface area contributed by atoms with E-state index in [9.17, 15) is 22.8 Å². The average molecular weight is 647 g/mol. The Morgan fingerprint density at radius 2 is 1.78 bits per heavy atom. The Hall–Kier alpha value is -4.41. The van der Waals surface area contributed by atoms with Gasteiger partial charge in [-0.05, 0) is 44.9 Å². The van der Waals surface area contributed by atoms with Crippen molar-refractivity contribution in [2.24, 2.45) is 11.8 Å². The highest BCUT2D eigenvalue weighted by atomic mass is 19.4. The van der Waals surface area contributed by atoms with Crippen LogP contribution in [0.1, 0.15) is 25.7 Å². The lowest BCUT2D eigenvalue weighted by atomic mass is 9.73. The summed E-state index contributed by atoms with van der Waals surface area (Å²) in [6, 6.07) is 3.81. The van der Waals surface area contributed by atoms with Gasteiger partial charge in [0.2, 0.25) is 17.8 Å². The van der Waals surface area contributed by atoms with Gasteiger partial charge in [0, 0.05) is 69.7 Å². The van der Waals surface area contributed by atoms with E-state index in [2.05, 4.69) is 25.3 Å². The van der Waals surface area contributed by atoms with Gasteiger partial charge in [-0.25, -0.2) is 4.52 Å². The van der Waals surface area contributed by atoms with Crippen LogP contribution in [0.4, 0.5) is 30.5 Å². The zero-order valence-corrected chi connectivity index (χ0v) is 25.4. The smallest absolute Gasteiger partial charge is 0.391 e. The average Bonchev–Trinajstić information content (AvgIpc) is 3.67. The molecule has 3 saturated heterocycles. The molecule has 0 aromatic carbocycles. The van der Waals surface area contributed by atoms with Crippen LogP contribution in [0, 0.1) is 11.8 Å². The molecule has 1 aliphatic carbocycles. The van der Waals surface area contributed by atoms with Crippen molar-refractivity contribution in [2.75, 3.05) is 56.5 Å². The maximum absolute atomic E-state index is 13.2. The van der Waals surface area contributed by atoms with E-state index in [1.54, 1.807) is 21.6 Å². The summed E-state index contributed by atoms with van der Waals surface area (Å²) in [5.41, 5.74) is 2.22. The Balaban J connectivity index is 0.00000119. The first-order valence-electron chi connectivity index (χ1n) is 15.4. The number of hydrogen-bond donors (Lipinski definition) is 2. The number of carbonyl (C=O) groups excluding carboxylic acids is 2. The third-order valence-corrected chi connectivity index (χ3v) is 9.41. The van der Waals surface area contributed by atoms with E-state index < -0.39 is 18.0 Å². The van der Waals surface area contributed by atoms with Gasteiger partial charge in [0.15, 0.2) is 5.65 Å². The minimum Gasteiger partial charge on any atom is -0.483 e. The fourth-order valence-electron chi connectivity index (χ4n) is 6.89. The normalized spacial score (nSPS) is 24.7. The van der Waals surface area contributed by atoms with Crippen molar-refractivity contribution in [3.63, 3.8) is 0 Å². The molecule has 7 rings (SSSR count). The lowest BCUT2D eigenvalue weighted by Crippen LogP contribution is -2.58. The van der Waals surface area contributed by atoms with E-state index in [0.29, 0.717) is 43.5 Å². The van der Waals surface area contributed by atoms with Crippen molar-refractivity contribution in [2.45, 2.75) is 50.5 Å². The van der Waals surface area contributed by atoms with Gasteiger partial charge in [0.1, 0.15) is 6.54 Å². The summed E-state index contributed by atoms with van der Waals surface area (Å²) in [6.45, 7) is 4.26. The summed E-state index contributed by atoms with van der Waals surface area (Å²) in [7, 11) is 2.05. The Morgan fingerprint density at radius 1 is 1.11 bits per heavy atom. The van der Waals surface area contributed by atoms with Crippen molar-refractivity contribution >= 4 is 41.3 Å². The summed E-state index contributed by atoms with van der Waals surface area (Å²) >= 11 is 0. The number of fused-ring (bicyclic) bond motifs is 3. The van der Waals surface area contributed by atoms with Crippen molar-refractivity contribution in [3.05, 3.63) is 30.7 Å². The second kappa shape index (κ2) is 12.8. The molecule has 2 N–H and O–H groups in total. The number of hydrogen-bond acceptors (Lipinski definition) is 9. The van der Waals surface area contributed by atoms with Crippen molar-refractivity contribution < 1.29 is 32.7 Å². The number of piperazine rings is 2. The first-order chi connectivity index (χ1) is 22.0. The molecule has 0 radical (unpaired) electrons. The van der Waals surface area contributed by atoms with Crippen LogP contribution >= 0.6 is 0 Å². The first-order valence-corrected chi connectivity index (χ1v) is 15.4. The predicted molar refractivity (Wildman–Crippen MR) is 159 cm³/mol. The number of carbonyl (C=O) groups is 3. The van der Waals surface area contributed by atoms with Gasteiger partial charge in [-0.1, -0.05) is 0 Å². The van der Waals surface area contributed by atoms with Gasteiger partial charge in [0.05, 0.1) is 23.5 Å². The number of nitrogens with zero attached hydrogens (tertiary/aromatic N) is 9. The zero-order chi connectivity index (χ0) is 32.6. The van der Waals surface area contributed by atoms with Crippen molar-refractivity contribution in [1.29, 1.82) is 0 Å². The van der Waals surface area contributed by atoms with Crippen LogP contribution < -0.4 is 10.2 Å². The third kappa shape index (κ3) is 6.45. The SMILES string of the molecule is CN1CCN(C(=O)Cn2cc(Nc3nc4c(N5CC6CCC(C5)N6C(=O)C5CC(C(F)(F)F)C5)cccn4n3)cn2)CC1.O=CO. The Kier molecular flexibility index (Phi) is 8.76. The molecule has 4 aliphatic rings. The first kappa shape index (κ1) is 31.6. The van der Waals surface area contributed by atoms with E-state index in [-0.39, 0.29) is 49.8 Å². The van der Waals surface area contributed by atoms with Crippen molar-refractivity contribution in [1.82, 2.24) is 39.1 Å². The molecular weight excluding hydrogens is 609 g/mol. The lowest BCUT2D eigenvalue weighted by Gasteiger charge is -2.45. The Morgan fingerprint density at radius 3 is 2.43 bits per heavy atom.